The lowest BCUT2D eigenvalue weighted by atomic mass is 9.82. The molecule has 0 saturated carbocycles. The third kappa shape index (κ3) is 2.57. The predicted octanol–water partition coefficient (Wildman–Crippen LogP) is 4.53. The van der Waals surface area contributed by atoms with Crippen LogP contribution in [-0.4, -0.2) is 20.8 Å². The smallest absolute Gasteiger partial charge is 0.418 e. The molecule has 1 N–H and O–H groups in total. The van der Waals surface area contributed by atoms with Crippen LogP contribution >= 0.6 is 11.6 Å². The van der Waals surface area contributed by atoms with E-state index in [1.807, 2.05) is 0 Å². The van der Waals surface area contributed by atoms with Crippen molar-refractivity contribution in [2.45, 2.75) is 32.4 Å². The van der Waals surface area contributed by atoms with Crippen LogP contribution < -0.4 is 0 Å². The summed E-state index contributed by atoms with van der Waals surface area (Å²) >= 11 is 5.74. The molecule has 0 aliphatic carbocycles. The lowest BCUT2D eigenvalue weighted by molar-refractivity contribution is -0.138. The summed E-state index contributed by atoms with van der Waals surface area (Å²) in [5.41, 5.74) is -1.82. The maximum atomic E-state index is 13.2. The number of hydrogen-bond acceptors (Lipinski definition) is 2. The van der Waals surface area contributed by atoms with E-state index in [-0.39, 0.29) is 21.9 Å². The Hall–Kier alpha value is -1.76. The van der Waals surface area contributed by atoms with Crippen LogP contribution in [0.15, 0.2) is 12.1 Å². The van der Waals surface area contributed by atoms with Gasteiger partial charge in [0.25, 0.3) is 0 Å². The first kappa shape index (κ1) is 15.6. The van der Waals surface area contributed by atoms with E-state index < -0.39 is 23.2 Å². The van der Waals surface area contributed by atoms with Gasteiger partial charge in [-0.3, -0.25) is 0 Å². The fourth-order valence-electron chi connectivity index (χ4n) is 2.29. The Labute approximate surface area is 123 Å². The summed E-state index contributed by atoms with van der Waals surface area (Å²) in [5.74, 6) is 0. The van der Waals surface area contributed by atoms with E-state index in [1.165, 1.54) is 0 Å². The minimum absolute atomic E-state index is 0.0328. The van der Waals surface area contributed by atoms with Crippen LogP contribution in [0.2, 0.25) is 5.28 Å². The van der Waals surface area contributed by atoms with E-state index in [0.717, 1.165) is 12.1 Å². The van der Waals surface area contributed by atoms with Crippen molar-refractivity contribution in [3.8, 4) is 0 Å². The Morgan fingerprint density at radius 1 is 1.29 bits per heavy atom. The standard InChI is InChI=1S/C13H12ClF3N2O2/c1-12(2,3)8-6(13(15,16)17)4-5-7-9(8)18-10(14)19(7)11(20)21/h4-5H,1-3H3,(H,20,21). The van der Waals surface area contributed by atoms with E-state index in [9.17, 15) is 18.0 Å². The molecule has 0 aliphatic rings. The molecular formula is C13H12ClF3N2O2. The number of alkyl halides is 3. The molecule has 2 rings (SSSR count). The second-order valence-corrected chi connectivity index (χ2v) is 5.94. The largest absolute Gasteiger partial charge is 0.464 e. The molecule has 0 unspecified atom stereocenters. The van der Waals surface area contributed by atoms with Gasteiger partial charge in [-0.1, -0.05) is 20.8 Å². The van der Waals surface area contributed by atoms with Crippen LogP contribution in [0.1, 0.15) is 31.9 Å². The highest BCUT2D eigenvalue weighted by atomic mass is 35.5. The van der Waals surface area contributed by atoms with Crippen LogP contribution in [-0.2, 0) is 11.6 Å². The van der Waals surface area contributed by atoms with Gasteiger partial charge < -0.3 is 5.11 Å². The monoisotopic (exact) mass is 320 g/mol. The molecule has 0 amide bonds. The Kier molecular flexibility index (Phi) is 3.44. The highest BCUT2D eigenvalue weighted by molar-refractivity contribution is 6.30. The van der Waals surface area contributed by atoms with Gasteiger partial charge >= 0.3 is 12.3 Å². The number of nitrogens with zero attached hydrogens (tertiary/aromatic N) is 2. The van der Waals surface area contributed by atoms with E-state index in [1.54, 1.807) is 20.8 Å². The molecule has 0 aliphatic heterocycles. The van der Waals surface area contributed by atoms with E-state index in [4.69, 9.17) is 16.7 Å². The Bertz CT molecular complexity index is 730. The average Bonchev–Trinajstić information content (AvgIpc) is 2.60. The quantitative estimate of drug-likeness (QED) is 0.775. The summed E-state index contributed by atoms with van der Waals surface area (Å²) in [4.78, 5) is 15.0. The molecule has 0 radical (unpaired) electrons. The maximum absolute atomic E-state index is 13.2. The summed E-state index contributed by atoms with van der Waals surface area (Å²) in [6.07, 6.45) is -5.96. The molecule has 114 valence electrons. The minimum atomic E-state index is -4.56. The number of aromatic nitrogens is 2. The van der Waals surface area contributed by atoms with Gasteiger partial charge in [-0.2, -0.15) is 13.2 Å². The lowest BCUT2D eigenvalue weighted by Crippen LogP contribution is -2.20. The first-order valence-corrected chi connectivity index (χ1v) is 6.34. The van der Waals surface area contributed by atoms with Gasteiger partial charge in [0, 0.05) is 0 Å². The van der Waals surface area contributed by atoms with Crippen LogP contribution in [0, 0.1) is 0 Å². The molecule has 8 heteroatoms. The molecule has 0 saturated heterocycles. The first-order chi connectivity index (χ1) is 9.44. The number of carboxylic acid groups (broad SMARTS) is 1. The summed E-state index contributed by atoms with van der Waals surface area (Å²) in [5, 5.41) is 8.70. The summed E-state index contributed by atoms with van der Waals surface area (Å²) in [6.45, 7) is 4.81. The van der Waals surface area contributed by atoms with Crippen LogP contribution in [0.4, 0.5) is 18.0 Å². The first-order valence-electron chi connectivity index (χ1n) is 5.96. The van der Waals surface area contributed by atoms with Crippen molar-refractivity contribution in [1.29, 1.82) is 0 Å². The van der Waals surface area contributed by atoms with E-state index in [2.05, 4.69) is 4.98 Å². The van der Waals surface area contributed by atoms with Crippen molar-refractivity contribution >= 4 is 28.7 Å². The molecule has 0 bridgehead atoms. The number of rotatable bonds is 0. The summed E-state index contributed by atoms with van der Waals surface area (Å²) < 4.78 is 40.2. The summed E-state index contributed by atoms with van der Waals surface area (Å²) in [6, 6.07) is 1.93. The van der Waals surface area contributed by atoms with Crippen molar-refractivity contribution < 1.29 is 23.1 Å². The third-order valence-electron chi connectivity index (χ3n) is 3.03. The molecule has 1 aromatic carbocycles. The highest BCUT2D eigenvalue weighted by Gasteiger charge is 2.38. The number of carbonyl (C=O) groups is 1. The minimum Gasteiger partial charge on any atom is -0.464 e. The normalized spacial score (nSPS) is 12.9. The number of benzene rings is 1. The van der Waals surface area contributed by atoms with Crippen molar-refractivity contribution in [2.24, 2.45) is 0 Å². The Morgan fingerprint density at radius 2 is 1.86 bits per heavy atom. The molecule has 1 aromatic heterocycles. The second kappa shape index (κ2) is 4.62. The molecule has 2 aromatic rings. The molecule has 0 fully saturated rings. The van der Waals surface area contributed by atoms with Crippen LogP contribution in [0.3, 0.4) is 0 Å². The zero-order valence-electron chi connectivity index (χ0n) is 11.4. The number of hydrogen-bond donors (Lipinski definition) is 1. The van der Waals surface area contributed by atoms with Crippen molar-refractivity contribution in [1.82, 2.24) is 9.55 Å². The second-order valence-electron chi connectivity index (χ2n) is 5.60. The van der Waals surface area contributed by atoms with Gasteiger partial charge in [0.15, 0.2) is 0 Å². The third-order valence-corrected chi connectivity index (χ3v) is 3.29. The summed E-state index contributed by atoms with van der Waals surface area (Å²) in [7, 11) is 0. The van der Waals surface area contributed by atoms with Crippen molar-refractivity contribution in [3.63, 3.8) is 0 Å². The SMILES string of the molecule is CC(C)(C)c1c(C(F)(F)F)ccc2c1nc(Cl)n2C(=O)O. The molecular weight excluding hydrogens is 309 g/mol. The van der Waals surface area contributed by atoms with Gasteiger partial charge in [-0.15, -0.1) is 0 Å². The van der Waals surface area contributed by atoms with Crippen molar-refractivity contribution in [3.05, 3.63) is 28.5 Å². The number of fused-ring (bicyclic) bond motifs is 1. The molecule has 0 atom stereocenters. The molecule has 0 spiro atoms. The van der Waals surface area contributed by atoms with Gasteiger partial charge in [-0.05, 0) is 34.7 Å². The zero-order valence-corrected chi connectivity index (χ0v) is 12.2. The van der Waals surface area contributed by atoms with E-state index in [0.29, 0.717) is 4.57 Å². The zero-order chi connectivity index (χ0) is 16.2. The maximum Gasteiger partial charge on any atom is 0.418 e. The van der Waals surface area contributed by atoms with Gasteiger partial charge in [0.2, 0.25) is 5.28 Å². The van der Waals surface area contributed by atoms with Crippen LogP contribution in [0.25, 0.3) is 11.0 Å². The number of halogens is 4. The molecule has 21 heavy (non-hydrogen) atoms. The molecule has 4 nitrogen and oxygen atoms in total. The van der Waals surface area contributed by atoms with Crippen LogP contribution in [0.5, 0.6) is 0 Å². The predicted molar refractivity (Wildman–Crippen MR) is 71.9 cm³/mol. The Balaban J connectivity index is 2.97. The fraction of sp³-hybridized carbons (Fsp3) is 0.385. The average molecular weight is 321 g/mol. The lowest BCUT2D eigenvalue weighted by Gasteiger charge is -2.24. The van der Waals surface area contributed by atoms with Gasteiger partial charge in [0.1, 0.15) is 0 Å². The number of imidazole rings is 1. The van der Waals surface area contributed by atoms with Crippen molar-refractivity contribution in [2.75, 3.05) is 0 Å². The fourth-order valence-corrected chi connectivity index (χ4v) is 2.54. The van der Waals surface area contributed by atoms with E-state index >= 15 is 0 Å². The van der Waals surface area contributed by atoms with Gasteiger partial charge in [-0.25, -0.2) is 14.3 Å². The topological polar surface area (TPSA) is 55.1 Å². The Morgan fingerprint density at radius 3 is 2.29 bits per heavy atom. The van der Waals surface area contributed by atoms with Gasteiger partial charge in [0.05, 0.1) is 16.6 Å². The highest BCUT2D eigenvalue weighted by Crippen LogP contribution is 2.41. The molecule has 1 heterocycles.